The highest BCUT2D eigenvalue weighted by molar-refractivity contribution is 5.85. The van der Waals surface area contributed by atoms with Crippen LogP contribution in [-0.2, 0) is 9.53 Å². The molecule has 1 aromatic rings. The molecule has 19 heavy (non-hydrogen) atoms. The molecule has 0 N–H and O–H groups in total. The van der Waals surface area contributed by atoms with Gasteiger partial charge in [0, 0.05) is 0 Å². The Morgan fingerprint density at radius 2 is 1.84 bits per heavy atom. The third kappa shape index (κ3) is 5.81. The number of carbonyl (C=O) groups is 1. The van der Waals surface area contributed by atoms with Gasteiger partial charge in [0.1, 0.15) is 0 Å². The van der Waals surface area contributed by atoms with Gasteiger partial charge in [-0.05, 0) is 33.2 Å². The predicted octanol–water partition coefficient (Wildman–Crippen LogP) is 1.95. The molecule has 0 fully saturated rings. The SMILES string of the molecule is COc1ccccc1OCC(=O)OC(C)N(C)C.Cl. The molecule has 1 atom stereocenters. The molecule has 0 bridgehead atoms. The average molecular weight is 290 g/mol. The minimum atomic E-state index is -0.415. The summed E-state index contributed by atoms with van der Waals surface area (Å²) >= 11 is 0. The number of benzene rings is 1. The summed E-state index contributed by atoms with van der Waals surface area (Å²) in [4.78, 5) is 13.3. The first kappa shape index (κ1) is 17.5. The van der Waals surface area contributed by atoms with Crippen molar-refractivity contribution in [1.82, 2.24) is 4.90 Å². The van der Waals surface area contributed by atoms with E-state index in [1.54, 1.807) is 31.1 Å². The Bertz CT molecular complexity index is 398. The third-order valence-corrected chi connectivity index (χ3v) is 2.44. The van der Waals surface area contributed by atoms with Gasteiger partial charge in [-0.3, -0.25) is 4.90 Å². The molecule has 0 aromatic heterocycles. The molecule has 0 saturated carbocycles. The maximum Gasteiger partial charge on any atom is 0.345 e. The van der Waals surface area contributed by atoms with Crippen molar-refractivity contribution in [2.75, 3.05) is 27.8 Å². The molecule has 108 valence electrons. The Labute approximate surface area is 119 Å². The third-order valence-electron chi connectivity index (χ3n) is 2.44. The van der Waals surface area contributed by atoms with Crippen LogP contribution >= 0.6 is 12.4 Å². The molecule has 1 aromatic carbocycles. The largest absolute Gasteiger partial charge is 0.493 e. The fourth-order valence-electron chi connectivity index (χ4n) is 1.20. The Kier molecular flexibility index (Phi) is 7.95. The summed E-state index contributed by atoms with van der Waals surface area (Å²) in [7, 11) is 5.21. The van der Waals surface area contributed by atoms with Gasteiger partial charge in [0.05, 0.1) is 7.11 Å². The van der Waals surface area contributed by atoms with Crippen molar-refractivity contribution < 1.29 is 19.0 Å². The van der Waals surface area contributed by atoms with Crippen molar-refractivity contribution in [2.45, 2.75) is 13.2 Å². The Morgan fingerprint density at radius 1 is 1.26 bits per heavy atom. The van der Waals surface area contributed by atoms with E-state index in [4.69, 9.17) is 14.2 Å². The van der Waals surface area contributed by atoms with Gasteiger partial charge < -0.3 is 14.2 Å². The minimum absolute atomic E-state index is 0. The quantitative estimate of drug-likeness (QED) is 0.592. The number of carbonyl (C=O) groups excluding carboxylic acids is 1. The molecule has 0 radical (unpaired) electrons. The topological polar surface area (TPSA) is 48.0 Å². The van der Waals surface area contributed by atoms with Gasteiger partial charge in [0.15, 0.2) is 24.3 Å². The number of hydrogen-bond donors (Lipinski definition) is 0. The maximum atomic E-state index is 11.5. The van der Waals surface area contributed by atoms with Crippen LogP contribution in [0.3, 0.4) is 0 Å². The van der Waals surface area contributed by atoms with Crippen LogP contribution in [0.15, 0.2) is 24.3 Å². The van der Waals surface area contributed by atoms with Crippen LogP contribution in [0.25, 0.3) is 0 Å². The van der Waals surface area contributed by atoms with E-state index in [9.17, 15) is 4.79 Å². The normalized spacial score (nSPS) is 11.4. The van der Waals surface area contributed by atoms with E-state index in [1.165, 1.54) is 0 Å². The zero-order chi connectivity index (χ0) is 13.5. The second-order valence-corrected chi connectivity index (χ2v) is 3.99. The lowest BCUT2D eigenvalue weighted by Gasteiger charge is -2.20. The summed E-state index contributed by atoms with van der Waals surface area (Å²) in [6, 6.07) is 7.15. The molecule has 0 aliphatic carbocycles. The molecule has 0 amide bonds. The standard InChI is InChI=1S/C13H19NO4.ClH/c1-10(14(2)3)18-13(15)9-17-12-8-6-5-7-11(12)16-4;/h5-8,10H,9H2,1-4H3;1H. The lowest BCUT2D eigenvalue weighted by molar-refractivity contribution is -0.157. The number of rotatable bonds is 6. The first-order valence-corrected chi connectivity index (χ1v) is 5.66. The van der Waals surface area contributed by atoms with E-state index in [0.29, 0.717) is 11.5 Å². The summed E-state index contributed by atoms with van der Waals surface area (Å²) in [5.74, 6) is 0.697. The van der Waals surface area contributed by atoms with Crippen molar-refractivity contribution >= 4 is 18.4 Å². The highest BCUT2D eigenvalue weighted by Crippen LogP contribution is 2.25. The van der Waals surface area contributed by atoms with Gasteiger partial charge in [0.25, 0.3) is 0 Å². The fraction of sp³-hybridized carbons (Fsp3) is 0.462. The highest BCUT2D eigenvalue weighted by atomic mass is 35.5. The van der Waals surface area contributed by atoms with Gasteiger partial charge >= 0.3 is 5.97 Å². The van der Waals surface area contributed by atoms with Gasteiger partial charge in [-0.25, -0.2) is 4.79 Å². The summed E-state index contributed by atoms with van der Waals surface area (Å²) < 4.78 is 15.6. The smallest absolute Gasteiger partial charge is 0.345 e. The van der Waals surface area contributed by atoms with Crippen molar-refractivity contribution in [1.29, 1.82) is 0 Å². The number of nitrogens with zero attached hydrogens (tertiary/aromatic N) is 1. The second kappa shape index (κ2) is 8.61. The number of methoxy groups -OCH3 is 1. The number of para-hydroxylation sites is 2. The average Bonchev–Trinajstić information content (AvgIpc) is 2.36. The molecule has 0 spiro atoms. The Balaban J connectivity index is 0.00000324. The van der Waals surface area contributed by atoms with E-state index in [-0.39, 0.29) is 25.2 Å². The zero-order valence-corrected chi connectivity index (χ0v) is 12.4. The predicted molar refractivity (Wildman–Crippen MR) is 75.0 cm³/mol. The molecule has 0 aliphatic heterocycles. The van der Waals surface area contributed by atoms with Crippen LogP contribution in [0.1, 0.15) is 6.92 Å². The van der Waals surface area contributed by atoms with Crippen LogP contribution in [0.4, 0.5) is 0 Å². The van der Waals surface area contributed by atoms with Crippen LogP contribution in [0.5, 0.6) is 11.5 Å². The minimum Gasteiger partial charge on any atom is -0.493 e. The summed E-state index contributed by atoms with van der Waals surface area (Å²) in [5, 5.41) is 0. The van der Waals surface area contributed by atoms with E-state index in [1.807, 2.05) is 26.2 Å². The van der Waals surface area contributed by atoms with Crippen LogP contribution in [0.2, 0.25) is 0 Å². The van der Waals surface area contributed by atoms with Crippen molar-refractivity contribution in [3.8, 4) is 11.5 Å². The van der Waals surface area contributed by atoms with E-state index >= 15 is 0 Å². The molecule has 1 rings (SSSR count). The van der Waals surface area contributed by atoms with Crippen LogP contribution in [-0.4, -0.2) is 44.9 Å². The molecule has 1 unspecified atom stereocenters. The van der Waals surface area contributed by atoms with E-state index in [0.717, 1.165) is 0 Å². The number of hydrogen-bond acceptors (Lipinski definition) is 5. The van der Waals surface area contributed by atoms with Crippen LogP contribution in [0, 0.1) is 0 Å². The summed E-state index contributed by atoms with van der Waals surface area (Å²) in [6.07, 6.45) is -0.279. The Morgan fingerprint density at radius 3 is 2.37 bits per heavy atom. The second-order valence-electron chi connectivity index (χ2n) is 3.99. The fourth-order valence-corrected chi connectivity index (χ4v) is 1.20. The highest BCUT2D eigenvalue weighted by Gasteiger charge is 2.12. The Hall–Kier alpha value is -1.46. The van der Waals surface area contributed by atoms with E-state index < -0.39 is 5.97 Å². The van der Waals surface area contributed by atoms with Gasteiger partial charge in [-0.1, -0.05) is 12.1 Å². The lowest BCUT2D eigenvalue weighted by Crippen LogP contribution is -2.31. The number of esters is 1. The van der Waals surface area contributed by atoms with Gasteiger partial charge in [-0.2, -0.15) is 0 Å². The van der Waals surface area contributed by atoms with Crippen molar-refractivity contribution in [2.24, 2.45) is 0 Å². The summed E-state index contributed by atoms with van der Waals surface area (Å²) in [6.45, 7) is 1.65. The zero-order valence-electron chi connectivity index (χ0n) is 11.6. The summed E-state index contributed by atoms with van der Waals surface area (Å²) in [5.41, 5.74) is 0. The molecule has 0 aliphatic rings. The molecule has 5 nitrogen and oxygen atoms in total. The molecule has 0 heterocycles. The molecule has 0 saturated heterocycles. The van der Waals surface area contributed by atoms with Crippen molar-refractivity contribution in [3.05, 3.63) is 24.3 Å². The molecular weight excluding hydrogens is 270 g/mol. The van der Waals surface area contributed by atoms with E-state index in [2.05, 4.69) is 0 Å². The van der Waals surface area contributed by atoms with Crippen molar-refractivity contribution in [3.63, 3.8) is 0 Å². The maximum absolute atomic E-state index is 11.5. The first-order valence-electron chi connectivity index (χ1n) is 5.66. The molecular formula is C13H20ClNO4. The number of ether oxygens (including phenoxy) is 3. The van der Waals surface area contributed by atoms with Crippen LogP contribution < -0.4 is 9.47 Å². The van der Waals surface area contributed by atoms with Gasteiger partial charge in [0.2, 0.25) is 0 Å². The molecule has 6 heteroatoms. The number of halogens is 1. The first-order chi connectivity index (χ1) is 8.54. The van der Waals surface area contributed by atoms with Gasteiger partial charge in [-0.15, -0.1) is 12.4 Å². The monoisotopic (exact) mass is 289 g/mol. The lowest BCUT2D eigenvalue weighted by atomic mass is 10.3.